The van der Waals surface area contributed by atoms with Crippen molar-refractivity contribution in [2.45, 2.75) is 19.3 Å². The molecule has 1 aromatic heterocycles. The van der Waals surface area contributed by atoms with Gasteiger partial charge in [0.15, 0.2) is 0 Å². The van der Waals surface area contributed by atoms with Gasteiger partial charge in [-0.05, 0) is 36.1 Å². The molecule has 3 rings (SSSR count). The van der Waals surface area contributed by atoms with E-state index in [0.717, 1.165) is 29.2 Å². The third-order valence-electron chi connectivity index (χ3n) is 3.83. The first kappa shape index (κ1) is 13.2. The fourth-order valence-electron chi connectivity index (χ4n) is 2.74. The van der Waals surface area contributed by atoms with Gasteiger partial charge in [-0.25, -0.2) is 9.97 Å². The second kappa shape index (κ2) is 4.94. The van der Waals surface area contributed by atoms with Gasteiger partial charge < -0.3 is 9.64 Å². The number of hydrogen-bond donors (Lipinski definition) is 0. The molecule has 0 bridgehead atoms. The average Bonchev–Trinajstić information content (AvgIpc) is 2.57. The summed E-state index contributed by atoms with van der Waals surface area (Å²) in [5, 5.41) is 0.536. The van der Waals surface area contributed by atoms with Crippen molar-refractivity contribution in [3.8, 4) is 5.75 Å². The smallest absolute Gasteiger partial charge is 0.140 e. The predicted octanol–water partition coefficient (Wildman–Crippen LogP) is 3.57. The molecule has 1 unspecified atom stereocenters. The first-order chi connectivity index (χ1) is 9.61. The lowest BCUT2D eigenvalue weighted by atomic mass is 9.94. The molecule has 1 aliphatic rings. The molecule has 2 heterocycles. The Morgan fingerprint density at radius 3 is 2.90 bits per heavy atom. The second-order valence-electron chi connectivity index (χ2n) is 5.06. The molecule has 0 saturated carbocycles. The van der Waals surface area contributed by atoms with Crippen LogP contribution >= 0.6 is 11.6 Å². The van der Waals surface area contributed by atoms with E-state index in [1.807, 2.05) is 13.1 Å². The van der Waals surface area contributed by atoms with Crippen LogP contribution in [0.1, 0.15) is 24.0 Å². The molecule has 20 heavy (non-hydrogen) atoms. The largest absolute Gasteiger partial charge is 0.497 e. The van der Waals surface area contributed by atoms with E-state index < -0.39 is 0 Å². The minimum absolute atomic E-state index is 0.326. The molecule has 2 aromatic rings. The SMILES string of the molecule is COc1ccc2c(c1)C(C)Cc1c(Cl)ncnc1N2C. The van der Waals surface area contributed by atoms with E-state index in [-0.39, 0.29) is 0 Å². The Hall–Kier alpha value is -1.81. The Morgan fingerprint density at radius 1 is 1.35 bits per heavy atom. The number of benzene rings is 1. The highest BCUT2D eigenvalue weighted by Gasteiger charge is 2.25. The van der Waals surface area contributed by atoms with E-state index in [4.69, 9.17) is 16.3 Å². The van der Waals surface area contributed by atoms with E-state index >= 15 is 0 Å². The quantitative estimate of drug-likeness (QED) is 0.752. The van der Waals surface area contributed by atoms with Gasteiger partial charge in [-0.15, -0.1) is 0 Å². The summed E-state index contributed by atoms with van der Waals surface area (Å²) in [5.41, 5.74) is 3.37. The van der Waals surface area contributed by atoms with Gasteiger partial charge in [0, 0.05) is 18.3 Å². The van der Waals surface area contributed by atoms with Crippen LogP contribution < -0.4 is 9.64 Å². The van der Waals surface area contributed by atoms with Gasteiger partial charge in [0.25, 0.3) is 0 Å². The minimum atomic E-state index is 0.326. The first-order valence-electron chi connectivity index (χ1n) is 6.53. The van der Waals surface area contributed by atoms with Gasteiger partial charge in [0.2, 0.25) is 0 Å². The zero-order valence-electron chi connectivity index (χ0n) is 11.7. The lowest BCUT2D eigenvalue weighted by molar-refractivity contribution is 0.414. The molecule has 0 spiro atoms. The molecule has 0 radical (unpaired) electrons. The van der Waals surface area contributed by atoms with Crippen molar-refractivity contribution in [2.24, 2.45) is 0 Å². The number of rotatable bonds is 1. The topological polar surface area (TPSA) is 38.3 Å². The zero-order chi connectivity index (χ0) is 14.3. The Labute approximate surface area is 123 Å². The standard InChI is InChI=1S/C15H16ClN3O/c1-9-6-12-14(16)17-8-18-15(12)19(2)13-5-4-10(20-3)7-11(9)13/h4-5,7-9H,6H2,1-3H3. The maximum absolute atomic E-state index is 6.24. The summed E-state index contributed by atoms with van der Waals surface area (Å²) in [7, 11) is 3.69. The molecular weight excluding hydrogens is 274 g/mol. The highest BCUT2D eigenvalue weighted by Crippen LogP contribution is 2.41. The minimum Gasteiger partial charge on any atom is -0.497 e. The predicted molar refractivity (Wildman–Crippen MR) is 80.2 cm³/mol. The summed E-state index contributed by atoms with van der Waals surface area (Å²) in [6, 6.07) is 6.12. The number of ether oxygens (including phenoxy) is 1. The van der Waals surface area contributed by atoms with E-state index in [9.17, 15) is 0 Å². The summed E-state index contributed by atoms with van der Waals surface area (Å²) >= 11 is 6.24. The lowest BCUT2D eigenvalue weighted by Gasteiger charge is -2.21. The van der Waals surface area contributed by atoms with Crippen LogP contribution in [0.2, 0.25) is 5.15 Å². The van der Waals surface area contributed by atoms with Crippen LogP contribution in [-0.4, -0.2) is 24.1 Å². The highest BCUT2D eigenvalue weighted by molar-refractivity contribution is 6.30. The molecule has 4 nitrogen and oxygen atoms in total. The summed E-state index contributed by atoms with van der Waals surface area (Å²) in [5.74, 6) is 2.07. The number of nitrogens with zero attached hydrogens (tertiary/aromatic N) is 3. The van der Waals surface area contributed by atoms with Crippen LogP contribution in [0.5, 0.6) is 5.75 Å². The molecule has 0 N–H and O–H groups in total. The zero-order valence-corrected chi connectivity index (χ0v) is 12.5. The van der Waals surface area contributed by atoms with Gasteiger partial charge in [0.1, 0.15) is 23.0 Å². The van der Waals surface area contributed by atoms with Crippen molar-refractivity contribution >= 4 is 23.1 Å². The maximum Gasteiger partial charge on any atom is 0.140 e. The summed E-state index contributed by atoms with van der Waals surface area (Å²) in [6.07, 6.45) is 2.33. The molecule has 0 saturated heterocycles. The fraction of sp³-hybridized carbons (Fsp3) is 0.333. The molecule has 0 amide bonds. The maximum atomic E-state index is 6.24. The molecule has 0 aliphatic carbocycles. The number of halogens is 1. The summed E-state index contributed by atoms with van der Waals surface area (Å²) in [6.45, 7) is 2.19. The van der Waals surface area contributed by atoms with Crippen LogP contribution in [-0.2, 0) is 6.42 Å². The van der Waals surface area contributed by atoms with Crippen molar-refractivity contribution in [1.82, 2.24) is 9.97 Å². The van der Waals surface area contributed by atoms with E-state index in [2.05, 4.69) is 33.9 Å². The van der Waals surface area contributed by atoms with Gasteiger partial charge in [-0.3, -0.25) is 0 Å². The van der Waals surface area contributed by atoms with Gasteiger partial charge in [-0.2, -0.15) is 0 Å². The van der Waals surface area contributed by atoms with Gasteiger partial charge in [-0.1, -0.05) is 18.5 Å². The van der Waals surface area contributed by atoms with Crippen LogP contribution in [0.15, 0.2) is 24.5 Å². The van der Waals surface area contributed by atoms with Gasteiger partial charge >= 0.3 is 0 Å². The van der Waals surface area contributed by atoms with Crippen molar-refractivity contribution in [1.29, 1.82) is 0 Å². The monoisotopic (exact) mass is 289 g/mol. The van der Waals surface area contributed by atoms with Crippen LogP contribution in [0, 0.1) is 0 Å². The molecular formula is C15H16ClN3O. The number of fused-ring (bicyclic) bond motifs is 2. The molecule has 0 fully saturated rings. The molecule has 5 heteroatoms. The van der Waals surface area contributed by atoms with E-state index in [0.29, 0.717) is 11.1 Å². The van der Waals surface area contributed by atoms with Crippen LogP contribution in [0.4, 0.5) is 11.5 Å². The summed E-state index contributed by atoms with van der Waals surface area (Å²) in [4.78, 5) is 10.6. The van der Waals surface area contributed by atoms with Crippen molar-refractivity contribution in [3.63, 3.8) is 0 Å². The van der Waals surface area contributed by atoms with Gasteiger partial charge in [0.05, 0.1) is 7.11 Å². The van der Waals surface area contributed by atoms with E-state index in [1.165, 1.54) is 11.9 Å². The normalized spacial score (nSPS) is 17.2. The van der Waals surface area contributed by atoms with Crippen LogP contribution in [0.25, 0.3) is 0 Å². The lowest BCUT2D eigenvalue weighted by Crippen LogP contribution is -2.13. The van der Waals surface area contributed by atoms with Crippen molar-refractivity contribution in [3.05, 3.63) is 40.8 Å². The number of hydrogen-bond acceptors (Lipinski definition) is 4. The average molecular weight is 290 g/mol. The number of methoxy groups -OCH3 is 1. The fourth-order valence-corrected chi connectivity index (χ4v) is 2.94. The van der Waals surface area contributed by atoms with Crippen molar-refractivity contribution in [2.75, 3.05) is 19.1 Å². The second-order valence-corrected chi connectivity index (χ2v) is 5.41. The van der Waals surface area contributed by atoms with Crippen LogP contribution in [0.3, 0.4) is 0 Å². The summed E-state index contributed by atoms with van der Waals surface area (Å²) < 4.78 is 5.33. The van der Waals surface area contributed by atoms with E-state index in [1.54, 1.807) is 7.11 Å². The third kappa shape index (κ3) is 2.00. The molecule has 1 atom stereocenters. The Morgan fingerprint density at radius 2 is 2.15 bits per heavy atom. The Balaban J connectivity index is 2.20. The number of anilines is 2. The molecule has 1 aromatic carbocycles. The van der Waals surface area contributed by atoms with Crippen molar-refractivity contribution < 1.29 is 4.74 Å². The Kier molecular flexibility index (Phi) is 3.26. The third-order valence-corrected chi connectivity index (χ3v) is 4.15. The highest BCUT2D eigenvalue weighted by atomic mass is 35.5. The molecule has 104 valence electrons. The number of aromatic nitrogens is 2. The molecule has 1 aliphatic heterocycles. The first-order valence-corrected chi connectivity index (χ1v) is 6.90. The Bertz CT molecular complexity index is 660.